The first-order chi connectivity index (χ1) is 10.8. The number of para-hydroxylation sites is 2. The van der Waals surface area contributed by atoms with Crippen LogP contribution in [0, 0.1) is 0 Å². The molecule has 0 aromatic heterocycles. The molecule has 4 rings (SSSR count). The van der Waals surface area contributed by atoms with Gasteiger partial charge in [-0.2, -0.15) is 0 Å². The van der Waals surface area contributed by atoms with Crippen LogP contribution < -0.4 is 10.2 Å². The van der Waals surface area contributed by atoms with Crippen LogP contribution >= 0.6 is 0 Å². The molecule has 2 aliphatic heterocycles. The number of rotatable bonds is 1. The van der Waals surface area contributed by atoms with Crippen molar-refractivity contribution in [3.8, 4) is 0 Å². The van der Waals surface area contributed by atoms with Crippen LogP contribution in [-0.2, 0) is 11.2 Å². The number of nitrogens with one attached hydrogen (secondary N) is 1. The number of nitrogens with zero attached hydrogens (tertiary/aromatic N) is 2. The Morgan fingerprint density at radius 1 is 1.00 bits per heavy atom. The molecule has 0 fully saturated rings. The molecular formula is C18H17N3O. The molecule has 0 saturated heterocycles. The molecule has 0 atom stereocenters. The molecule has 22 heavy (non-hydrogen) atoms. The van der Waals surface area contributed by atoms with E-state index in [1.165, 1.54) is 11.1 Å². The zero-order chi connectivity index (χ0) is 14.9. The fraction of sp³-hybridized carbons (Fsp3) is 0.222. The van der Waals surface area contributed by atoms with Gasteiger partial charge in [-0.3, -0.25) is 14.7 Å². The second-order valence-corrected chi connectivity index (χ2v) is 5.59. The third-order valence-electron chi connectivity index (χ3n) is 4.15. The lowest BCUT2D eigenvalue weighted by atomic mass is 9.95. The van der Waals surface area contributed by atoms with Crippen molar-refractivity contribution in [3.05, 3.63) is 59.7 Å². The summed E-state index contributed by atoms with van der Waals surface area (Å²) in [7, 11) is 0. The van der Waals surface area contributed by atoms with E-state index in [9.17, 15) is 4.79 Å². The number of carbonyl (C=O) groups is 1. The van der Waals surface area contributed by atoms with Crippen LogP contribution in [-0.4, -0.2) is 24.8 Å². The summed E-state index contributed by atoms with van der Waals surface area (Å²) in [4.78, 5) is 19.2. The fourth-order valence-electron chi connectivity index (χ4n) is 3.09. The number of carbonyl (C=O) groups excluding carboxylic acids is 1. The van der Waals surface area contributed by atoms with Crippen molar-refractivity contribution in [2.24, 2.45) is 4.99 Å². The van der Waals surface area contributed by atoms with Crippen molar-refractivity contribution in [3.63, 3.8) is 0 Å². The third kappa shape index (κ3) is 2.08. The Hall–Kier alpha value is -2.62. The van der Waals surface area contributed by atoms with Gasteiger partial charge in [0, 0.05) is 19.5 Å². The number of hydrogen-bond donors (Lipinski definition) is 1. The van der Waals surface area contributed by atoms with Crippen molar-refractivity contribution < 1.29 is 4.79 Å². The van der Waals surface area contributed by atoms with Gasteiger partial charge in [-0.1, -0.05) is 36.4 Å². The Labute approximate surface area is 129 Å². The maximum Gasteiger partial charge on any atom is 0.297 e. The molecule has 110 valence electrons. The van der Waals surface area contributed by atoms with Gasteiger partial charge in [-0.05, 0) is 29.7 Å². The smallest absolute Gasteiger partial charge is 0.297 e. The summed E-state index contributed by atoms with van der Waals surface area (Å²) in [5.41, 5.74) is 4.26. The Kier molecular flexibility index (Phi) is 3.15. The van der Waals surface area contributed by atoms with Crippen molar-refractivity contribution in [2.45, 2.75) is 12.8 Å². The molecule has 2 heterocycles. The lowest BCUT2D eigenvalue weighted by Gasteiger charge is -2.32. The topological polar surface area (TPSA) is 44.7 Å². The van der Waals surface area contributed by atoms with Gasteiger partial charge in [0.25, 0.3) is 5.91 Å². The Morgan fingerprint density at radius 2 is 1.64 bits per heavy atom. The van der Waals surface area contributed by atoms with Gasteiger partial charge >= 0.3 is 0 Å². The van der Waals surface area contributed by atoms with Crippen molar-refractivity contribution in [2.75, 3.05) is 18.0 Å². The minimum absolute atomic E-state index is 0.0701. The van der Waals surface area contributed by atoms with Crippen LogP contribution in [0.4, 0.5) is 11.4 Å². The maximum absolute atomic E-state index is 13.0. The first-order valence-corrected chi connectivity index (χ1v) is 7.63. The van der Waals surface area contributed by atoms with E-state index >= 15 is 0 Å². The molecule has 4 nitrogen and oxygen atoms in total. The van der Waals surface area contributed by atoms with E-state index in [-0.39, 0.29) is 5.91 Å². The van der Waals surface area contributed by atoms with E-state index in [0.717, 1.165) is 30.8 Å². The van der Waals surface area contributed by atoms with E-state index in [1.54, 1.807) is 4.90 Å². The van der Waals surface area contributed by atoms with Crippen molar-refractivity contribution in [1.82, 2.24) is 5.32 Å². The zero-order valence-electron chi connectivity index (χ0n) is 12.2. The van der Waals surface area contributed by atoms with E-state index in [4.69, 9.17) is 0 Å². The molecule has 4 heteroatoms. The number of amidine groups is 1. The maximum atomic E-state index is 13.0. The quantitative estimate of drug-likeness (QED) is 0.878. The average Bonchev–Trinajstić information content (AvgIpc) is 2.60. The van der Waals surface area contributed by atoms with Crippen LogP contribution in [0.15, 0.2) is 53.5 Å². The normalized spacial score (nSPS) is 16.2. The number of fused-ring (bicyclic) bond motifs is 2. The second kappa shape index (κ2) is 5.30. The van der Waals surface area contributed by atoms with E-state index in [0.29, 0.717) is 12.4 Å². The number of amides is 1. The van der Waals surface area contributed by atoms with Gasteiger partial charge in [0.1, 0.15) is 0 Å². The molecule has 0 saturated carbocycles. The van der Waals surface area contributed by atoms with E-state index in [1.807, 2.05) is 36.4 Å². The number of anilines is 2. The summed E-state index contributed by atoms with van der Waals surface area (Å²) in [6.07, 6.45) is 1.83. The zero-order valence-corrected chi connectivity index (χ0v) is 12.2. The highest BCUT2D eigenvalue weighted by molar-refractivity contribution is 6.44. The molecule has 0 unspecified atom stereocenters. The molecule has 0 aliphatic carbocycles. The molecular weight excluding hydrogens is 274 g/mol. The SMILES string of the molecule is O=C(C1=NCCCN1)N1c2ccccc2Cc2ccccc21. The van der Waals surface area contributed by atoms with Crippen LogP contribution in [0.5, 0.6) is 0 Å². The van der Waals surface area contributed by atoms with Gasteiger partial charge < -0.3 is 5.32 Å². The van der Waals surface area contributed by atoms with E-state index in [2.05, 4.69) is 22.4 Å². The second-order valence-electron chi connectivity index (χ2n) is 5.59. The summed E-state index contributed by atoms with van der Waals surface area (Å²) >= 11 is 0. The average molecular weight is 291 g/mol. The Bertz CT molecular complexity index is 721. The van der Waals surface area contributed by atoms with Gasteiger partial charge in [-0.25, -0.2) is 0 Å². The predicted octanol–water partition coefficient (Wildman–Crippen LogP) is 2.65. The summed E-state index contributed by atoms with van der Waals surface area (Å²) in [5.74, 6) is 0.400. The minimum atomic E-state index is -0.0701. The van der Waals surface area contributed by atoms with Crippen LogP contribution in [0.25, 0.3) is 0 Å². The summed E-state index contributed by atoms with van der Waals surface area (Å²) in [6.45, 7) is 1.52. The van der Waals surface area contributed by atoms with Crippen LogP contribution in [0.2, 0.25) is 0 Å². The highest BCUT2D eigenvalue weighted by atomic mass is 16.2. The largest absolute Gasteiger partial charge is 0.366 e. The van der Waals surface area contributed by atoms with Gasteiger partial charge in [-0.15, -0.1) is 0 Å². The number of aliphatic imine (C=N–C) groups is 1. The van der Waals surface area contributed by atoms with Gasteiger partial charge in [0.2, 0.25) is 0 Å². The van der Waals surface area contributed by atoms with Crippen molar-refractivity contribution >= 4 is 23.1 Å². The summed E-state index contributed by atoms with van der Waals surface area (Å²) in [5, 5.41) is 3.14. The minimum Gasteiger partial charge on any atom is -0.366 e. The molecule has 2 aromatic rings. The molecule has 0 radical (unpaired) electrons. The van der Waals surface area contributed by atoms with Crippen molar-refractivity contribution in [1.29, 1.82) is 0 Å². The molecule has 0 spiro atoms. The number of hydrogen-bond acceptors (Lipinski definition) is 3. The van der Waals surface area contributed by atoms with Gasteiger partial charge in [0.15, 0.2) is 5.84 Å². The highest BCUT2D eigenvalue weighted by Gasteiger charge is 2.30. The molecule has 0 bridgehead atoms. The summed E-state index contributed by atoms with van der Waals surface area (Å²) < 4.78 is 0. The van der Waals surface area contributed by atoms with Crippen LogP contribution in [0.1, 0.15) is 17.5 Å². The fourth-order valence-corrected chi connectivity index (χ4v) is 3.09. The monoisotopic (exact) mass is 291 g/mol. The number of benzene rings is 2. The van der Waals surface area contributed by atoms with E-state index < -0.39 is 0 Å². The molecule has 2 aliphatic rings. The first-order valence-electron chi connectivity index (χ1n) is 7.63. The van der Waals surface area contributed by atoms with Gasteiger partial charge in [0.05, 0.1) is 11.4 Å². The predicted molar refractivity (Wildman–Crippen MR) is 87.8 cm³/mol. The molecule has 1 N–H and O–H groups in total. The Morgan fingerprint density at radius 3 is 2.23 bits per heavy atom. The lowest BCUT2D eigenvalue weighted by molar-refractivity contribution is -0.112. The highest BCUT2D eigenvalue weighted by Crippen LogP contribution is 2.38. The lowest BCUT2D eigenvalue weighted by Crippen LogP contribution is -2.44. The third-order valence-corrected chi connectivity index (χ3v) is 4.15. The molecule has 1 amide bonds. The first kappa shape index (κ1) is 13.1. The molecule has 2 aromatic carbocycles. The standard InChI is InChI=1S/C18H17N3O/c22-18(17-19-10-5-11-20-17)21-15-8-3-1-6-13(15)12-14-7-2-4-9-16(14)21/h1-4,6-9H,5,10-12H2,(H,19,20). The van der Waals surface area contributed by atoms with Crippen LogP contribution in [0.3, 0.4) is 0 Å². The summed E-state index contributed by atoms with van der Waals surface area (Å²) in [6, 6.07) is 16.2. The Balaban J connectivity index is 1.84.